The van der Waals surface area contributed by atoms with Gasteiger partial charge in [0.2, 0.25) is 0 Å². The second-order valence-electron chi connectivity index (χ2n) is 8.24. The fourth-order valence-electron chi connectivity index (χ4n) is 3.49. The second-order valence-corrected chi connectivity index (χ2v) is 8.24. The van der Waals surface area contributed by atoms with Gasteiger partial charge in [-0.05, 0) is 49.0 Å². The highest BCUT2D eigenvalue weighted by molar-refractivity contribution is 4.88. The lowest BCUT2D eigenvalue weighted by molar-refractivity contribution is 0.220. The van der Waals surface area contributed by atoms with Gasteiger partial charge in [0.15, 0.2) is 0 Å². The van der Waals surface area contributed by atoms with Gasteiger partial charge in [0.05, 0.1) is 0 Å². The maximum Gasteiger partial charge on any atom is 0.00997 e. The highest BCUT2D eigenvalue weighted by atomic mass is 14.9. The van der Waals surface area contributed by atoms with Crippen molar-refractivity contribution >= 4 is 0 Å². The van der Waals surface area contributed by atoms with E-state index in [1.807, 2.05) is 0 Å². The summed E-state index contributed by atoms with van der Waals surface area (Å²) in [5.74, 6) is 0.816. The third-order valence-electron chi connectivity index (χ3n) is 4.75. The van der Waals surface area contributed by atoms with Gasteiger partial charge < -0.3 is 11.1 Å². The van der Waals surface area contributed by atoms with Gasteiger partial charge in [0.25, 0.3) is 0 Å². The molecule has 1 aliphatic carbocycles. The van der Waals surface area contributed by atoms with E-state index < -0.39 is 0 Å². The van der Waals surface area contributed by atoms with E-state index in [9.17, 15) is 0 Å². The lowest BCUT2D eigenvalue weighted by Crippen LogP contribution is -2.40. The van der Waals surface area contributed by atoms with Crippen LogP contribution in [0.15, 0.2) is 0 Å². The first-order chi connectivity index (χ1) is 8.75. The Morgan fingerprint density at radius 3 is 2.21 bits per heavy atom. The average molecular weight is 268 g/mol. The average Bonchev–Trinajstić information content (AvgIpc) is 2.70. The van der Waals surface area contributed by atoms with E-state index in [0.717, 1.165) is 18.9 Å². The van der Waals surface area contributed by atoms with Crippen LogP contribution in [0.25, 0.3) is 0 Å². The molecule has 2 heteroatoms. The summed E-state index contributed by atoms with van der Waals surface area (Å²) in [5, 5.41) is 3.70. The molecule has 0 amide bonds. The van der Waals surface area contributed by atoms with Crippen LogP contribution in [0.1, 0.15) is 73.1 Å². The van der Waals surface area contributed by atoms with Gasteiger partial charge >= 0.3 is 0 Å². The van der Waals surface area contributed by atoms with Gasteiger partial charge in [-0.2, -0.15) is 0 Å². The molecule has 1 atom stereocenters. The molecule has 1 unspecified atom stereocenters. The van der Waals surface area contributed by atoms with E-state index in [4.69, 9.17) is 5.73 Å². The number of hydrogen-bond donors (Lipinski definition) is 2. The molecular formula is C17H36N2. The van der Waals surface area contributed by atoms with Crippen LogP contribution in [0.2, 0.25) is 0 Å². The maximum absolute atomic E-state index is 6.22. The fraction of sp³-hybridized carbons (Fsp3) is 1.00. The summed E-state index contributed by atoms with van der Waals surface area (Å²) in [6, 6.07) is 0.296. The minimum atomic E-state index is 0.227. The first-order valence-electron chi connectivity index (χ1n) is 8.21. The van der Waals surface area contributed by atoms with Crippen LogP contribution in [-0.2, 0) is 0 Å². The van der Waals surface area contributed by atoms with E-state index in [1.54, 1.807) is 0 Å². The molecule has 0 aromatic rings. The molecule has 0 heterocycles. The van der Waals surface area contributed by atoms with Crippen LogP contribution in [0.4, 0.5) is 0 Å². The first kappa shape index (κ1) is 17.0. The number of rotatable bonds is 7. The zero-order valence-electron chi connectivity index (χ0n) is 13.9. The smallest absolute Gasteiger partial charge is 0.00997 e. The molecule has 0 aliphatic heterocycles. The van der Waals surface area contributed by atoms with Crippen molar-refractivity contribution in [3.05, 3.63) is 0 Å². The molecule has 2 nitrogen and oxygen atoms in total. The van der Waals surface area contributed by atoms with Crippen molar-refractivity contribution in [1.29, 1.82) is 0 Å². The first-order valence-corrected chi connectivity index (χ1v) is 8.21. The van der Waals surface area contributed by atoms with Crippen LogP contribution >= 0.6 is 0 Å². The van der Waals surface area contributed by atoms with E-state index in [-0.39, 0.29) is 5.41 Å². The SMILES string of the molecule is CC(C)CC1(CNCCC(N)C(C)(C)C)CCCC1. The van der Waals surface area contributed by atoms with Gasteiger partial charge in [0, 0.05) is 12.6 Å². The van der Waals surface area contributed by atoms with Gasteiger partial charge in [-0.1, -0.05) is 47.5 Å². The molecule has 114 valence electrons. The van der Waals surface area contributed by atoms with Crippen molar-refractivity contribution in [2.45, 2.75) is 79.2 Å². The van der Waals surface area contributed by atoms with E-state index in [0.29, 0.717) is 11.5 Å². The van der Waals surface area contributed by atoms with Crippen LogP contribution < -0.4 is 11.1 Å². The molecule has 0 aromatic carbocycles. The zero-order valence-corrected chi connectivity index (χ0v) is 13.9. The Hall–Kier alpha value is -0.0800. The molecule has 19 heavy (non-hydrogen) atoms. The Balaban J connectivity index is 2.30. The van der Waals surface area contributed by atoms with Gasteiger partial charge in [-0.25, -0.2) is 0 Å². The minimum Gasteiger partial charge on any atom is -0.327 e. The Labute approximate surface area is 120 Å². The van der Waals surface area contributed by atoms with Crippen LogP contribution in [0, 0.1) is 16.7 Å². The topological polar surface area (TPSA) is 38.0 Å². The normalized spacial score (nSPS) is 21.0. The van der Waals surface area contributed by atoms with Crippen molar-refractivity contribution in [3.8, 4) is 0 Å². The second kappa shape index (κ2) is 7.08. The molecule has 1 rings (SSSR count). The third-order valence-corrected chi connectivity index (χ3v) is 4.75. The lowest BCUT2D eigenvalue weighted by Gasteiger charge is -2.32. The Morgan fingerprint density at radius 2 is 1.74 bits per heavy atom. The third kappa shape index (κ3) is 5.83. The predicted octanol–water partition coefficient (Wildman–Crippen LogP) is 3.95. The summed E-state index contributed by atoms with van der Waals surface area (Å²) in [6.45, 7) is 13.7. The largest absolute Gasteiger partial charge is 0.327 e. The minimum absolute atomic E-state index is 0.227. The van der Waals surface area contributed by atoms with E-state index >= 15 is 0 Å². The molecule has 1 aliphatic rings. The Bertz CT molecular complexity index is 246. The quantitative estimate of drug-likeness (QED) is 0.686. The molecular weight excluding hydrogens is 232 g/mol. The van der Waals surface area contributed by atoms with Crippen LogP contribution in [-0.4, -0.2) is 19.1 Å². The van der Waals surface area contributed by atoms with Crippen LogP contribution in [0.5, 0.6) is 0 Å². The molecule has 0 bridgehead atoms. The molecule has 1 saturated carbocycles. The van der Waals surface area contributed by atoms with Crippen molar-refractivity contribution in [3.63, 3.8) is 0 Å². The summed E-state index contributed by atoms with van der Waals surface area (Å²) < 4.78 is 0. The Morgan fingerprint density at radius 1 is 1.16 bits per heavy atom. The number of hydrogen-bond acceptors (Lipinski definition) is 2. The van der Waals surface area contributed by atoms with Crippen molar-refractivity contribution in [1.82, 2.24) is 5.32 Å². The fourth-order valence-corrected chi connectivity index (χ4v) is 3.49. The number of nitrogens with one attached hydrogen (secondary N) is 1. The molecule has 0 saturated heterocycles. The zero-order chi connectivity index (χ0) is 14.5. The summed E-state index contributed by atoms with van der Waals surface area (Å²) in [4.78, 5) is 0. The van der Waals surface area contributed by atoms with Crippen LogP contribution in [0.3, 0.4) is 0 Å². The number of nitrogens with two attached hydrogens (primary N) is 1. The summed E-state index contributed by atoms with van der Waals surface area (Å²) in [5.41, 5.74) is 7.03. The van der Waals surface area contributed by atoms with Crippen molar-refractivity contribution in [2.75, 3.05) is 13.1 Å². The molecule has 1 fully saturated rings. The summed E-state index contributed by atoms with van der Waals surface area (Å²) in [6.07, 6.45) is 8.16. The highest BCUT2D eigenvalue weighted by Crippen LogP contribution is 2.42. The standard InChI is InChI=1S/C17H36N2/c1-14(2)12-17(9-6-7-10-17)13-19-11-8-15(18)16(3,4)5/h14-15,19H,6-13,18H2,1-5H3. The van der Waals surface area contributed by atoms with Gasteiger partial charge in [0.1, 0.15) is 0 Å². The van der Waals surface area contributed by atoms with E-state index in [1.165, 1.54) is 38.6 Å². The van der Waals surface area contributed by atoms with Crippen molar-refractivity contribution in [2.24, 2.45) is 22.5 Å². The van der Waals surface area contributed by atoms with E-state index in [2.05, 4.69) is 39.9 Å². The molecule has 0 spiro atoms. The molecule has 0 radical (unpaired) electrons. The highest BCUT2D eigenvalue weighted by Gasteiger charge is 2.33. The molecule has 3 N–H and O–H groups in total. The van der Waals surface area contributed by atoms with Gasteiger partial charge in [-0.3, -0.25) is 0 Å². The van der Waals surface area contributed by atoms with Gasteiger partial charge in [-0.15, -0.1) is 0 Å². The van der Waals surface area contributed by atoms with Crippen molar-refractivity contribution < 1.29 is 0 Å². The monoisotopic (exact) mass is 268 g/mol. The predicted molar refractivity (Wildman–Crippen MR) is 85.3 cm³/mol. The summed E-state index contributed by atoms with van der Waals surface area (Å²) >= 11 is 0. The maximum atomic E-state index is 6.22. The summed E-state index contributed by atoms with van der Waals surface area (Å²) in [7, 11) is 0. The molecule has 0 aromatic heterocycles. The Kier molecular flexibility index (Phi) is 6.32. The lowest BCUT2D eigenvalue weighted by atomic mass is 9.78.